The third kappa shape index (κ3) is 3.27. The van der Waals surface area contributed by atoms with Gasteiger partial charge in [0, 0.05) is 28.5 Å². The van der Waals surface area contributed by atoms with E-state index in [1.165, 1.54) is 0 Å². The Morgan fingerprint density at radius 3 is 2.95 bits per heavy atom. The zero-order valence-electron chi connectivity index (χ0n) is 10.9. The van der Waals surface area contributed by atoms with Crippen LogP contribution in [0.1, 0.15) is 15.9 Å². The Morgan fingerprint density at radius 1 is 1.45 bits per heavy atom. The van der Waals surface area contributed by atoms with E-state index < -0.39 is 0 Å². The predicted molar refractivity (Wildman–Crippen MR) is 80.5 cm³/mol. The molecule has 3 N–H and O–H groups in total. The molecule has 20 heavy (non-hydrogen) atoms. The molecule has 1 amide bonds. The molecule has 1 heterocycles. The average molecular weight is 336 g/mol. The number of pyridine rings is 1. The highest BCUT2D eigenvalue weighted by atomic mass is 79.9. The third-order valence-electron chi connectivity index (χ3n) is 2.74. The van der Waals surface area contributed by atoms with Crippen molar-refractivity contribution < 1.29 is 9.53 Å². The maximum Gasteiger partial charge on any atom is 0.253 e. The smallest absolute Gasteiger partial charge is 0.253 e. The molecule has 1 aromatic heterocycles. The quantitative estimate of drug-likeness (QED) is 0.841. The molecule has 6 heteroatoms. The largest absolute Gasteiger partial charge is 0.481 e. The van der Waals surface area contributed by atoms with Crippen LogP contribution in [0.2, 0.25) is 0 Å². The van der Waals surface area contributed by atoms with Crippen LogP contribution < -0.4 is 15.8 Å². The lowest BCUT2D eigenvalue weighted by atomic mass is 10.1. The number of nitrogens with one attached hydrogen (secondary N) is 1. The molecule has 2 rings (SSSR count). The van der Waals surface area contributed by atoms with Crippen molar-refractivity contribution in [3.63, 3.8) is 0 Å². The van der Waals surface area contributed by atoms with Gasteiger partial charge in [-0.05, 0) is 24.3 Å². The maximum absolute atomic E-state index is 12.1. The number of nitrogens with two attached hydrogens (primary N) is 1. The van der Waals surface area contributed by atoms with Crippen molar-refractivity contribution >= 4 is 27.5 Å². The first kappa shape index (κ1) is 14.3. The van der Waals surface area contributed by atoms with Crippen molar-refractivity contribution in [2.24, 2.45) is 0 Å². The van der Waals surface area contributed by atoms with Crippen LogP contribution in [-0.2, 0) is 6.54 Å². The number of benzene rings is 1. The van der Waals surface area contributed by atoms with E-state index in [0.29, 0.717) is 23.7 Å². The molecule has 0 bridgehead atoms. The lowest BCUT2D eigenvalue weighted by Gasteiger charge is -2.10. The van der Waals surface area contributed by atoms with Gasteiger partial charge in [0.15, 0.2) is 0 Å². The van der Waals surface area contributed by atoms with Crippen molar-refractivity contribution in [2.75, 3.05) is 12.8 Å². The zero-order chi connectivity index (χ0) is 14.5. The molecule has 5 nitrogen and oxygen atoms in total. The molecule has 1 aromatic carbocycles. The molecule has 0 aliphatic heterocycles. The van der Waals surface area contributed by atoms with E-state index in [-0.39, 0.29) is 5.91 Å². The number of hydrogen-bond acceptors (Lipinski definition) is 4. The summed E-state index contributed by atoms with van der Waals surface area (Å²) in [5, 5.41) is 2.80. The lowest BCUT2D eigenvalue weighted by molar-refractivity contribution is 0.0951. The fourth-order valence-electron chi connectivity index (χ4n) is 1.75. The van der Waals surface area contributed by atoms with Gasteiger partial charge in [-0.25, -0.2) is 4.98 Å². The summed E-state index contributed by atoms with van der Waals surface area (Å²) in [4.78, 5) is 16.2. The van der Waals surface area contributed by atoms with E-state index in [0.717, 1.165) is 10.0 Å². The fraction of sp³-hybridized carbons (Fsp3) is 0.143. The normalized spacial score (nSPS) is 10.1. The molecule has 0 saturated heterocycles. The summed E-state index contributed by atoms with van der Waals surface area (Å²) in [5.41, 5.74) is 7.49. The zero-order valence-corrected chi connectivity index (χ0v) is 12.5. The van der Waals surface area contributed by atoms with E-state index >= 15 is 0 Å². The standard InChI is InChI=1S/C14H14BrN3O2/c1-20-14-9(3-2-6-17-14)8-18-13(19)11-5-4-10(15)7-12(11)16/h2-7H,8,16H2,1H3,(H,18,19). The summed E-state index contributed by atoms with van der Waals surface area (Å²) in [7, 11) is 1.54. The molecule has 0 saturated carbocycles. The monoisotopic (exact) mass is 335 g/mol. The average Bonchev–Trinajstić information content (AvgIpc) is 2.45. The van der Waals surface area contributed by atoms with Gasteiger partial charge in [0.05, 0.1) is 12.7 Å². The topological polar surface area (TPSA) is 77.2 Å². The van der Waals surface area contributed by atoms with Crippen LogP contribution in [0.3, 0.4) is 0 Å². The van der Waals surface area contributed by atoms with Crippen LogP contribution in [0.15, 0.2) is 41.0 Å². The van der Waals surface area contributed by atoms with Gasteiger partial charge >= 0.3 is 0 Å². The number of anilines is 1. The highest BCUT2D eigenvalue weighted by molar-refractivity contribution is 9.10. The van der Waals surface area contributed by atoms with Crippen molar-refractivity contribution in [2.45, 2.75) is 6.54 Å². The molecule has 0 fully saturated rings. The Kier molecular flexibility index (Phi) is 4.57. The number of aromatic nitrogens is 1. The van der Waals surface area contributed by atoms with Gasteiger partial charge < -0.3 is 15.8 Å². The predicted octanol–water partition coefficient (Wildman–Crippen LogP) is 2.36. The second kappa shape index (κ2) is 6.38. The summed E-state index contributed by atoms with van der Waals surface area (Å²) in [5.74, 6) is 0.262. The fourth-order valence-corrected chi connectivity index (χ4v) is 2.13. The van der Waals surface area contributed by atoms with Crippen LogP contribution in [-0.4, -0.2) is 18.0 Å². The molecule has 0 aliphatic carbocycles. The van der Waals surface area contributed by atoms with Crippen LogP contribution in [0.5, 0.6) is 5.88 Å². The Labute approximate surface area is 125 Å². The van der Waals surface area contributed by atoms with Crippen molar-refractivity contribution in [3.8, 4) is 5.88 Å². The number of rotatable bonds is 4. The first-order chi connectivity index (χ1) is 9.61. The Morgan fingerprint density at radius 2 is 2.25 bits per heavy atom. The van der Waals surface area contributed by atoms with Crippen LogP contribution in [0.25, 0.3) is 0 Å². The first-order valence-electron chi connectivity index (χ1n) is 5.93. The van der Waals surface area contributed by atoms with Gasteiger partial charge in [0.1, 0.15) is 0 Å². The van der Waals surface area contributed by atoms with Gasteiger partial charge in [0.25, 0.3) is 5.91 Å². The number of nitrogen functional groups attached to an aromatic ring is 1. The maximum atomic E-state index is 12.1. The van der Waals surface area contributed by atoms with E-state index in [1.807, 2.05) is 6.07 Å². The number of carbonyl (C=O) groups is 1. The number of halogens is 1. The molecule has 0 spiro atoms. The van der Waals surface area contributed by atoms with Gasteiger partial charge in [-0.3, -0.25) is 4.79 Å². The van der Waals surface area contributed by atoms with Crippen LogP contribution >= 0.6 is 15.9 Å². The lowest BCUT2D eigenvalue weighted by Crippen LogP contribution is -2.24. The molecule has 0 aliphatic rings. The van der Waals surface area contributed by atoms with E-state index in [9.17, 15) is 4.79 Å². The molecular weight excluding hydrogens is 322 g/mol. The van der Waals surface area contributed by atoms with Crippen molar-refractivity contribution in [1.82, 2.24) is 10.3 Å². The van der Waals surface area contributed by atoms with Gasteiger partial charge in [0.2, 0.25) is 5.88 Å². The SMILES string of the molecule is COc1ncccc1CNC(=O)c1ccc(Br)cc1N. The Bertz CT molecular complexity index is 632. The van der Waals surface area contributed by atoms with E-state index in [4.69, 9.17) is 10.5 Å². The number of nitrogens with zero attached hydrogens (tertiary/aromatic N) is 1. The summed E-state index contributed by atoms with van der Waals surface area (Å²) >= 11 is 3.30. The van der Waals surface area contributed by atoms with Crippen molar-refractivity contribution in [3.05, 3.63) is 52.1 Å². The molecular formula is C14H14BrN3O2. The van der Waals surface area contributed by atoms with Gasteiger partial charge in [-0.2, -0.15) is 0 Å². The molecule has 0 atom stereocenters. The van der Waals surface area contributed by atoms with Crippen LogP contribution in [0.4, 0.5) is 5.69 Å². The molecule has 104 valence electrons. The number of carbonyl (C=O) groups excluding carboxylic acids is 1. The van der Waals surface area contributed by atoms with Crippen LogP contribution in [0, 0.1) is 0 Å². The minimum absolute atomic E-state index is 0.235. The molecule has 2 aromatic rings. The summed E-state index contributed by atoms with van der Waals surface area (Å²) in [6.07, 6.45) is 1.64. The summed E-state index contributed by atoms with van der Waals surface area (Å²) in [6, 6.07) is 8.78. The van der Waals surface area contributed by atoms with Crippen molar-refractivity contribution in [1.29, 1.82) is 0 Å². The summed E-state index contributed by atoms with van der Waals surface area (Å²) in [6.45, 7) is 0.325. The summed E-state index contributed by atoms with van der Waals surface area (Å²) < 4.78 is 5.96. The minimum Gasteiger partial charge on any atom is -0.481 e. The molecule has 0 unspecified atom stereocenters. The number of ether oxygens (including phenoxy) is 1. The first-order valence-corrected chi connectivity index (χ1v) is 6.72. The number of methoxy groups -OCH3 is 1. The third-order valence-corrected chi connectivity index (χ3v) is 3.23. The minimum atomic E-state index is -0.235. The van der Waals surface area contributed by atoms with Gasteiger partial charge in [-0.1, -0.05) is 22.0 Å². The van der Waals surface area contributed by atoms with E-state index in [1.54, 1.807) is 37.6 Å². The highest BCUT2D eigenvalue weighted by Gasteiger charge is 2.11. The Balaban J connectivity index is 2.09. The second-order valence-electron chi connectivity index (χ2n) is 4.09. The number of hydrogen-bond donors (Lipinski definition) is 2. The molecule has 0 radical (unpaired) electrons. The Hall–Kier alpha value is -2.08. The second-order valence-corrected chi connectivity index (χ2v) is 5.00. The van der Waals surface area contributed by atoms with Gasteiger partial charge in [-0.15, -0.1) is 0 Å². The van der Waals surface area contributed by atoms with E-state index in [2.05, 4.69) is 26.2 Å². The highest BCUT2D eigenvalue weighted by Crippen LogP contribution is 2.19. The number of amides is 1.